The molecule has 0 aliphatic rings. The summed E-state index contributed by atoms with van der Waals surface area (Å²) in [6.45, 7) is 3.55. The Kier molecular flexibility index (Phi) is 2.24. The second-order valence-electron chi connectivity index (χ2n) is 3.07. The number of carboxylic acids is 1. The van der Waals surface area contributed by atoms with E-state index in [1.165, 1.54) is 0 Å². The summed E-state index contributed by atoms with van der Waals surface area (Å²) in [5.74, 6) is -0.938. The first-order chi connectivity index (χ1) is 7.11. The number of hydrogen-bond acceptors (Lipinski definition) is 5. The zero-order chi connectivity index (χ0) is 11.0. The second-order valence-corrected chi connectivity index (χ2v) is 3.78. The third-order valence-electron chi connectivity index (χ3n) is 2.14. The topological polar surface area (TPSA) is 80.9 Å². The van der Waals surface area contributed by atoms with Gasteiger partial charge in [0.15, 0.2) is 0 Å². The zero-order valence-corrected chi connectivity index (χ0v) is 8.95. The lowest BCUT2D eigenvalue weighted by atomic mass is 10.2. The molecule has 0 aliphatic carbocycles. The molecule has 0 fully saturated rings. The number of carboxylic acid groups (broad SMARTS) is 1. The second kappa shape index (κ2) is 3.43. The van der Waals surface area contributed by atoms with Crippen LogP contribution in [0.4, 0.5) is 0 Å². The van der Waals surface area contributed by atoms with Crippen LogP contribution < -0.4 is 0 Å². The Morgan fingerprint density at radius 2 is 2.27 bits per heavy atom. The molecule has 0 saturated heterocycles. The van der Waals surface area contributed by atoms with Crippen LogP contribution >= 0.6 is 11.5 Å². The normalized spacial score (nSPS) is 10.5. The molecule has 1 N–H and O–H groups in total. The highest BCUT2D eigenvalue weighted by Crippen LogP contribution is 2.20. The monoisotopic (exact) mass is 224 g/mol. The molecule has 0 atom stereocenters. The minimum atomic E-state index is -0.938. The van der Waals surface area contributed by atoms with E-state index in [2.05, 4.69) is 14.8 Å². The van der Waals surface area contributed by atoms with Gasteiger partial charge in [-0.05, 0) is 25.1 Å². The van der Waals surface area contributed by atoms with Gasteiger partial charge < -0.3 is 5.11 Å². The van der Waals surface area contributed by atoms with Crippen LogP contribution in [0.3, 0.4) is 0 Å². The van der Waals surface area contributed by atoms with Gasteiger partial charge >= 0.3 is 5.97 Å². The van der Waals surface area contributed by atoms with E-state index in [1.54, 1.807) is 17.6 Å². The summed E-state index contributed by atoms with van der Waals surface area (Å²) in [4.78, 5) is 10.9. The Balaban J connectivity index is 2.63. The average molecular weight is 224 g/mol. The lowest BCUT2D eigenvalue weighted by Crippen LogP contribution is -2.02. The SMILES string of the molecule is Cc1cc(C(=O)O)c(C)n1-c1nnns1. The van der Waals surface area contributed by atoms with Gasteiger partial charge in [-0.15, -0.1) is 0 Å². The number of hydrogen-bond donors (Lipinski definition) is 1. The largest absolute Gasteiger partial charge is 0.478 e. The Labute approximate surface area is 89.3 Å². The summed E-state index contributed by atoms with van der Waals surface area (Å²) in [5.41, 5.74) is 1.73. The van der Waals surface area contributed by atoms with Crippen molar-refractivity contribution in [3.05, 3.63) is 23.0 Å². The van der Waals surface area contributed by atoms with Crippen molar-refractivity contribution in [2.75, 3.05) is 0 Å². The summed E-state index contributed by atoms with van der Waals surface area (Å²) < 4.78 is 5.38. The molecule has 2 heterocycles. The van der Waals surface area contributed by atoms with Crippen molar-refractivity contribution in [3.63, 3.8) is 0 Å². The molecule has 0 saturated carbocycles. The maximum atomic E-state index is 10.9. The summed E-state index contributed by atoms with van der Waals surface area (Å²) in [7, 11) is 0. The fourth-order valence-corrected chi connectivity index (χ4v) is 2.07. The van der Waals surface area contributed by atoms with Crippen LogP contribution in [0.1, 0.15) is 21.7 Å². The molecule has 2 aromatic heterocycles. The van der Waals surface area contributed by atoms with Gasteiger partial charge in [-0.2, -0.15) is 0 Å². The number of aromatic nitrogens is 4. The quantitative estimate of drug-likeness (QED) is 0.824. The van der Waals surface area contributed by atoms with Crippen LogP contribution in [0, 0.1) is 13.8 Å². The molecule has 78 valence electrons. The van der Waals surface area contributed by atoms with Crippen molar-refractivity contribution >= 4 is 17.5 Å². The van der Waals surface area contributed by atoms with Crippen LogP contribution in [0.5, 0.6) is 0 Å². The van der Waals surface area contributed by atoms with Crippen molar-refractivity contribution in [1.29, 1.82) is 0 Å². The van der Waals surface area contributed by atoms with Crippen LogP contribution in [0.25, 0.3) is 5.13 Å². The summed E-state index contributed by atoms with van der Waals surface area (Å²) in [5, 5.41) is 16.8. The van der Waals surface area contributed by atoms with E-state index in [0.29, 0.717) is 10.8 Å². The molecule has 0 radical (unpaired) electrons. The highest BCUT2D eigenvalue weighted by atomic mass is 32.1. The Morgan fingerprint density at radius 3 is 2.73 bits per heavy atom. The van der Waals surface area contributed by atoms with E-state index in [-0.39, 0.29) is 5.56 Å². The van der Waals surface area contributed by atoms with Gasteiger partial charge in [0.1, 0.15) is 0 Å². The van der Waals surface area contributed by atoms with Gasteiger partial charge in [-0.3, -0.25) is 4.57 Å². The first kappa shape index (κ1) is 9.78. The molecule has 0 amide bonds. The minimum Gasteiger partial charge on any atom is -0.478 e. The fourth-order valence-electron chi connectivity index (χ4n) is 1.49. The van der Waals surface area contributed by atoms with Gasteiger partial charge in [0, 0.05) is 22.9 Å². The van der Waals surface area contributed by atoms with E-state index in [4.69, 9.17) is 5.11 Å². The van der Waals surface area contributed by atoms with Crippen molar-refractivity contribution in [1.82, 2.24) is 19.4 Å². The zero-order valence-electron chi connectivity index (χ0n) is 8.13. The Bertz CT molecular complexity index is 503. The molecule has 2 aromatic rings. The molecular weight excluding hydrogens is 216 g/mol. The molecule has 0 unspecified atom stereocenters. The first-order valence-electron chi connectivity index (χ1n) is 4.19. The van der Waals surface area contributed by atoms with Crippen molar-refractivity contribution in [2.24, 2.45) is 0 Å². The van der Waals surface area contributed by atoms with Crippen molar-refractivity contribution < 1.29 is 9.90 Å². The molecule has 0 aromatic carbocycles. The molecule has 0 spiro atoms. The van der Waals surface area contributed by atoms with Gasteiger partial charge in [-0.25, -0.2) is 4.79 Å². The van der Waals surface area contributed by atoms with Crippen LogP contribution in [0.2, 0.25) is 0 Å². The maximum Gasteiger partial charge on any atom is 0.337 e. The van der Waals surface area contributed by atoms with E-state index in [1.807, 2.05) is 6.92 Å². The number of nitrogens with zero attached hydrogens (tertiary/aromatic N) is 4. The van der Waals surface area contributed by atoms with Gasteiger partial charge in [0.25, 0.3) is 0 Å². The standard InChI is InChI=1S/C8H8N4O2S/c1-4-3-6(7(13)14)5(2)12(4)8-9-10-11-15-8/h3H,1-2H3,(H,13,14). The molecule has 2 rings (SSSR count). The third-order valence-corrected chi connectivity index (χ3v) is 2.72. The predicted molar refractivity (Wildman–Crippen MR) is 53.5 cm³/mol. The number of carbonyl (C=O) groups is 1. The molecule has 0 bridgehead atoms. The molecular formula is C8H8N4O2S. The third kappa shape index (κ3) is 1.50. The van der Waals surface area contributed by atoms with E-state index >= 15 is 0 Å². The number of aryl methyl sites for hydroxylation is 1. The summed E-state index contributed by atoms with van der Waals surface area (Å²) in [6, 6.07) is 1.61. The maximum absolute atomic E-state index is 10.9. The smallest absolute Gasteiger partial charge is 0.337 e. The molecule has 7 heteroatoms. The Hall–Kier alpha value is -1.76. The van der Waals surface area contributed by atoms with E-state index in [0.717, 1.165) is 17.2 Å². The highest BCUT2D eigenvalue weighted by Gasteiger charge is 2.17. The highest BCUT2D eigenvalue weighted by molar-refractivity contribution is 7.07. The molecule has 15 heavy (non-hydrogen) atoms. The van der Waals surface area contributed by atoms with Crippen molar-refractivity contribution in [2.45, 2.75) is 13.8 Å². The van der Waals surface area contributed by atoms with Gasteiger partial charge in [0.2, 0.25) is 5.13 Å². The van der Waals surface area contributed by atoms with Crippen molar-refractivity contribution in [3.8, 4) is 5.13 Å². The summed E-state index contributed by atoms with van der Waals surface area (Å²) >= 11 is 1.13. The van der Waals surface area contributed by atoms with Crippen LogP contribution in [0.15, 0.2) is 6.07 Å². The van der Waals surface area contributed by atoms with E-state index < -0.39 is 5.97 Å². The van der Waals surface area contributed by atoms with Gasteiger partial charge in [-0.1, -0.05) is 9.59 Å². The fraction of sp³-hybridized carbons (Fsp3) is 0.250. The minimum absolute atomic E-state index is 0.280. The lowest BCUT2D eigenvalue weighted by molar-refractivity contribution is 0.0696. The molecule has 0 aliphatic heterocycles. The Morgan fingerprint density at radius 1 is 1.53 bits per heavy atom. The van der Waals surface area contributed by atoms with Crippen LogP contribution in [-0.4, -0.2) is 30.4 Å². The van der Waals surface area contributed by atoms with E-state index in [9.17, 15) is 4.79 Å². The first-order valence-corrected chi connectivity index (χ1v) is 4.96. The van der Waals surface area contributed by atoms with Gasteiger partial charge in [0.05, 0.1) is 5.56 Å². The predicted octanol–water partition coefficient (Wildman–Crippen LogP) is 1.04. The number of rotatable bonds is 2. The molecule has 6 nitrogen and oxygen atoms in total. The number of aromatic carboxylic acids is 1. The van der Waals surface area contributed by atoms with Crippen LogP contribution in [-0.2, 0) is 0 Å². The lowest BCUT2D eigenvalue weighted by Gasteiger charge is -2.02. The average Bonchev–Trinajstić information content (AvgIpc) is 2.73. The summed E-state index contributed by atoms with van der Waals surface area (Å²) in [6.07, 6.45) is 0.